The Morgan fingerprint density at radius 2 is 1.86 bits per heavy atom. The van der Waals surface area contributed by atoms with Crippen LogP contribution in [-0.4, -0.2) is 64.9 Å². The normalized spacial score (nSPS) is 18.0. The highest BCUT2D eigenvalue weighted by molar-refractivity contribution is 5.48. The first-order valence-electron chi connectivity index (χ1n) is 7.73. The topological polar surface area (TPSA) is 61.7 Å². The summed E-state index contributed by atoms with van der Waals surface area (Å²) in [6, 6.07) is 0.264. The van der Waals surface area contributed by atoms with Gasteiger partial charge in [0, 0.05) is 44.6 Å². The smallest absolute Gasteiger partial charge is 0.257 e. The maximum absolute atomic E-state index is 9.41. The van der Waals surface area contributed by atoms with Crippen molar-refractivity contribution in [2.45, 2.75) is 39.3 Å². The van der Waals surface area contributed by atoms with Gasteiger partial charge in [0.15, 0.2) is 5.82 Å². The van der Waals surface area contributed by atoms with Crippen molar-refractivity contribution < 1.29 is 9.84 Å². The van der Waals surface area contributed by atoms with Gasteiger partial charge in [0.2, 0.25) is 0 Å². The zero-order chi connectivity index (χ0) is 15.2. The van der Waals surface area contributed by atoms with E-state index in [2.05, 4.69) is 26.7 Å². The minimum Gasteiger partial charge on any atom is -0.472 e. The van der Waals surface area contributed by atoms with Gasteiger partial charge in [-0.05, 0) is 20.3 Å². The van der Waals surface area contributed by atoms with Gasteiger partial charge in [0.1, 0.15) is 0 Å². The lowest BCUT2D eigenvalue weighted by Gasteiger charge is -2.39. The van der Waals surface area contributed by atoms with Crippen LogP contribution < -0.4 is 9.64 Å². The predicted octanol–water partition coefficient (Wildman–Crippen LogP) is 1.16. The van der Waals surface area contributed by atoms with Gasteiger partial charge in [0.25, 0.3) is 5.88 Å². The molecule has 2 rings (SSSR count). The van der Waals surface area contributed by atoms with Gasteiger partial charge < -0.3 is 14.7 Å². The van der Waals surface area contributed by atoms with E-state index >= 15 is 0 Å². The molecule has 1 aliphatic rings. The molecule has 1 aliphatic heterocycles. The van der Waals surface area contributed by atoms with E-state index in [1.54, 1.807) is 12.4 Å². The Labute approximate surface area is 126 Å². The van der Waals surface area contributed by atoms with Gasteiger partial charge in [0.05, 0.1) is 12.7 Å². The lowest BCUT2D eigenvalue weighted by Crippen LogP contribution is -2.51. The number of aliphatic hydroxyl groups excluding tert-OH is 1. The molecule has 0 saturated carbocycles. The van der Waals surface area contributed by atoms with Gasteiger partial charge >= 0.3 is 0 Å². The number of nitrogens with zero attached hydrogens (tertiary/aromatic N) is 4. The van der Waals surface area contributed by atoms with E-state index in [0.717, 1.165) is 38.4 Å². The minimum absolute atomic E-state index is 0.0839. The number of hydrogen-bond donors (Lipinski definition) is 1. The van der Waals surface area contributed by atoms with Crippen molar-refractivity contribution in [2.75, 3.05) is 37.7 Å². The molecule has 0 aromatic carbocycles. The molecule has 1 fully saturated rings. The Morgan fingerprint density at radius 1 is 1.19 bits per heavy atom. The molecular weight excluding hydrogens is 268 g/mol. The summed E-state index contributed by atoms with van der Waals surface area (Å²) in [6.45, 7) is 9.93. The number of piperazine rings is 1. The number of anilines is 1. The standard InChI is InChI=1S/C15H26N4O2/c1-4-13(11-20)18-7-9-19(10-8-18)14-15(21-12(2)3)17-6-5-16-14/h5-6,12-13,20H,4,7-11H2,1-3H3. The highest BCUT2D eigenvalue weighted by Crippen LogP contribution is 2.25. The molecule has 1 aromatic heterocycles. The van der Waals surface area contributed by atoms with Gasteiger partial charge in [-0.2, -0.15) is 0 Å². The van der Waals surface area contributed by atoms with Crippen LogP contribution in [0.15, 0.2) is 12.4 Å². The quantitative estimate of drug-likeness (QED) is 0.849. The lowest BCUT2D eigenvalue weighted by molar-refractivity contribution is 0.113. The summed E-state index contributed by atoms with van der Waals surface area (Å²) < 4.78 is 5.75. The maximum Gasteiger partial charge on any atom is 0.257 e. The zero-order valence-corrected chi connectivity index (χ0v) is 13.2. The van der Waals surface area contributed by atoms with E-state index in [1.807, 2.05) is 13.8 Å². The Bertz CT molecular complexity index is 429. The summed E-state index contributed by atoms with van der Waals surface area (Å²) in [5, 5.41) is 9.41. The van der Waals surface area contributed by atoms with E-state index in [0.29, 0.717) is 5.88 Å². The summed E-state index contributed by atoms with van der Waals surface area (Å²) in [5.41, 5.74) is 0. The molecule has 118 valence electrons. The second-order valence-electron chi connectivity index (χ2n) is 5.62. The van der Waals surface area contributed by atoms with Crippen LogP contribution in [0.5, 0.6) is 5.88 Å². The molecule has 0 bridgehead atoms. The van der Waals surface area contributed by atoms with Crippen LogP contribution in [0.2, 0.25) is 0 Å². The average Bonchev–Trinajstić information content (AvgIpc) is 2.49. The highest BCUT2D eigenvalue weighted by Gasteiger charge is 2.25. The van der Waals surface area contributed by atoms with Crippen LogP contribution in [-0.2, 0) is 0 Å². The lowest BCUT2D eigenvalue weighted by atomic mass is 10.1. The Kier molecular flexibility index (Phi) is 5.76. The molecule has 1 saturated heterocycles. The number of aromatic nitrogens is 2. The van der Waals surface area contributed by atoms with Crippen LogP contribution >= 0.6 is 0 Å². The second kappa shape index (κ2) is 7.56. The van der Waals surface area contributed by atoms with Crippen molar-refractivity contribution in [3.05, 3.63) is 12.4 Å². The second-order valence-corrected chi connectivity index (χ2v) is 5.62. The van der Waals surface area contributed by atoms with Gasteiger partial charge in [-0.25, -0.2) is 9.97 Å². The molecule has 1 atom stereocenters. The number of hydrogen-bond acceptors (Lipinski definition) is 6. The molecule has 1 unspecified atom stereocenters. The summed E-state index contributed by atoms with van der Waals surface area (Å²) in [7, 11) is 0. The van der Waals surface area contributed by atoms with Crippen molar-refractivity contribution in [3.8, 4) is 5.88 Å². The van der Waals surface area contributed by atoms with E-state index < -0.39 is 0 Å². The fourth-order valence-electron chi connectivity index (χ4n) is 2.64. The first kappa shape index (κ1) is 16.0. The van der Waals surface area contributed by atoms with Crippen molar-refractivity contribution in [2.24, 2.45) is 0 Å². The molecule has 1 aromatic rings. The highest BCUT2D eigenvalue weighted by atomic mass is 16.5. The molecule has 0 amide bonds. The van der Waals surface area contributed by atoms with Crippen LogP contribution in [0, 0.1) is 0 Å². The van der Waals surface area contributed by atoms with E-state index in [-0.39, 0.29) is 18.8 Å². The Hall–Kier alpha value is -1.40. The van der Waals surface area contributed by atoms with Gasteiger partial charge in [-0.15, -0.1) is 0 Å². The van der Waals surface area contributed by atoms with Gasteiger partial charge in [-0.3, -0.25) is 4.90 Å². The first-order chi connectivity index (χ1) is 10.2. The summed E-state index contributed by atoms with van der Waals surface area (Å²) in [6.07, 6.45) is 4.43. The summed E-state index contributed by atoms with van der Waals surface area (Å²) in [4.78, 5) is 13.3. The van der Waals surface area contributed by atoms with Crippen molar-refractivity contribution >= 4 is 5.82 Å². The molecule has 0 spiro atoms. The predicted molar refractivity (Wildman–Crippen MR) is 82.7 cm³/mol. The van der Waals surface area contributed by atoms with E-state index in [9.17, 15) is 5.11 Å². The fourth-order valence-corrected chi connectivity index (χ4v) is 2.64. The molecule has 2 heterocycles. The van der Waals surface area contributed by atoms with Gasteiger partial charge in [-0.1, -0.05) is 6.92 Å². The van der Waals surface area contributed by atoms with Crippen LogP contribution in [0.3, 0.4) is 0 Å². The van der Waals surface area contributed by atoms with E-state index in [4.69, 9.17) is 4.74 Å². The third kappa shape index (κ3) is 4.04. The molecule has 0 radical (unpaired) electrons. The Morgan fingerprint density at radius 3 is 2.43 bits per heavy atom. The molecule has 1 N–H and O–H groups in total. The largest absolute Gasteiger partial charge is 0.472 e. The molecular formula is C15H26N4O2. The fraction of sp³-hybridized carbons (Fsp3) is 0.733. The number of aliphatic hydroxyl groups is 1. The molecule has 0 aliphatic carbocycles. The third-order valence-electron chi connectivity index (χ3n) is 3.81. The average molecular weight is 294 g/mol. The monoisotopic (exact) mass is 294 g/mol. The van der Waals surface area contributed by atoms with E-state index in [1.165, 1.54) is 0 Å². The SMILES string of the molecule is CCC(CO)N1CCN(c2nccnc2OC(C)C)CC1. The molecule has 6 heteroatoms. The minimum atomic E-state index is 0.0839. The number of rotatable bonds is 6. The van der Waals surface area contributed by atoms with Crippen molar-refractivity contribution in [1.82, 2.24) is 14.9 Å². The van der Waals surface area contributed by atoms with Crippen molar-refractivity contribution in [3.63, 3.8) is 0 Å². The molecule has 6 nitrogen and oxygen atoms in total. The van der Waals surface area contributed by atoms with Crippen LogP contribution in [0.4, 0.5) is 5.82 Å². The maximum atomic E-state index is 9.41. The third-order valence-corrected chi connectivity index (χ3v) is 3.81. The van der Waals surface area contributed by atoms with Crippen LogP contribution in [0.1, 0.15) is 27.2 Å². The van der Waals surface area contributed by atoms with Crippen molar-refractivity contribution in [1.29, 1.82) is 0 Å². The zero-order valence-electron chi connectivity index (χ0n) is 13.2. The first-order valence-corrected chi connectivity index (χ1v) is 7.73. The van der Waals surface area contributed by atoms with Crippen LogP contribution in [0.25, 0.3) is 0 Å². The number of ether oxygens (including phenoxy) is 1. The summed E-state index contributed by atoms with van der Waals surface area (Å²) >= 11 is 0. The molecule has 21 heavy (non-hydrogen) atoms. The Balaban J connectivity index is 2.02. The summed E-state index contributed by atoms with van der Waals surface area (Å²) in [5.74, 6) is 1.43.